The molecule has 130 valence electrons. The first-order chi connectivity index (χ1) is 12.6. The van der Waals surface area contributed by atoms with Gasteiger partial charge in [-0.2, -0.15) is 4.98 Å². The highest BCUT2D eigenvalue weighted by atomic mass is 32.2. The second kappa shape index (κ2) is 6.80. The Morgan fingerprint density at radius 1 is 1.19 bits per heavy atom. The number of aromatic nitrogens is 2. The number of aryl methyl sites for hydroxylation is 1. The van der Waals surface area contributed by atoms with E-state index >= 15 is 0 Å². The maximum absolute atomic E-state index is 11.3. The van der Waals surface area contributed by atoms with Gasteiger partial charge in [-0.15, -0.1) is 0 Å². The summed E-state index contributed by atoms with van der Waals surface area (Å²) in [5.41, 5.74) is 9.38. The lowest BCUT2D eigenvalue weighted by molar-refractivity contribution is -0.115. The van der Waals surface area contributed by atoms with Gasteiger partial charge < -0.3 is 10.5 Å². The molecule has 26 heavy (non-hydrogen) atoms. The molecule has 0 unspecified atom stereocenters. The zero-order valence-corrected chi connectivity index (χ0v) is 15.0. The molecule has 0 bridgehead atoms. The summed E-state index contributed by atoms with van der Waals surface area (Å²) >= 11 is 1.33. The van der Waals surface area contributed by atoms with Crippen molar-refractivity contribution in [3.8, 4) is 23.0 Å². The van der Waals surface area contributed by atoms with E-state index in [-0.39, 0.29) is 11.7 Å². The predicted molar refractivity (Wildman–Crippen MR) is 101 cm³/mol. The fourth-order valence-electron chi connectivity index (χ4n) is 2.90. The van der Waals surface area contributed by atoms with Crippen molar-refractivity contribution in [2.75, 3.05) is 5.75 Å². The minimum atomic E-state index is -0.378. The van der Waals surface area contributed by atoms with E-state index in [0.717, 1.165) is 27.5 Å². The van der Waals surface area contributed by atoms with Gasteiger partial charge in [0.25, 0.3) is 0 Å². The van der Waals surface area contributed by atoms with E-state index in [4.69, 9.17) is 10.5 Å². The third-order valence-corrected chi connectivity index (χ3v) is 5.14. The van der Waals surface area contributed by atoms with Gasteiger partial charge in [-0.25, -0.2) is 4.98 Å². The van der Waals surface area contributed by atoms with Crippen LogP contribution < -0.4 is 10.5 Å². The Labute approximate surface area is 155 Å². The number of carbonyl (C=O) groups excluding carboxylic acids is 1. The van der Waals surface area contributed by atoms with Crippen LogP contribution in [0.2, 0.25) is 0 Å². The number of ether oxygens (including phenoxy) is 1. The molecule has 0 saturated heterocycles. The number of fused-ring (bicyclic) bond motifs is 2. The van der Waals surface area contributed by atoms with Gasteiger partial charge in [0.15, 0.2) is 5.82 Å². The molecule has 3 aromatic rings. The van der Waals surface area contributed by atoms with Crippen LogP contribution in [0.25, 0.3) is 11.4 Å². The summed E-state index contributed by atoms with van der Waals surface area (Å²) in [6, 6.07) is 15.8. The third kappa shape index (κ3) is 3.28. The smallest absolute Gasteiger partial charge is 0.227 e. The summed E-state index contributed by atoms with van der Waals surface area (Å²) in [4.78, 5) is 20.6. The van der Waals surface area contributed by atoms with Gasteiger partial charge in [0, 0.05) is 12.0 Å². The molecule has 1 aliphatic heterocycles. The van der Waals surface area contributed by atoms with Gasteiger partial charge >= 0.3 is 0 Å². The zero-order chi connectivity index (χ0) is 18.1. The minimum Gasteiger partial charge on any atom is -0.438 e. The SMILES string of the molecule is Cc1ccc2c(c1)Cc1c(nc(-c3ccccc3)nc1SCC(N)=O)O2. The molecule has 1 aromatic heterocycles. The van der Waals surface area contributed by atoms with Crippen molar-refractivity contribution in [2.45, 2.75) is 18.4 Å². The number of benzene rings is 2. The second-order valence-corrected chi connectivity index (χ2v) is 7.11. The first-order valence-electron chi connectivity index (χ1n) is 8.25. The Morgan fingerprint density at radius 3 is 2.77 bits per heavy atom. The van der Waals surface area contributed by atoms with Crippen LogP contribution in [0.1, 0.15) is 16.7 Å². The summed E-state index contributed by atoms with van der Waals surface area (Å²) in [6.07, 6.45) is 0.669. The van der Waals surface area contributed by atoms with Crippen LogP contribution in [0.15, 0.2) is 53.6 Å². The van der Waals surface area contributed by atoms with Crippen LogP contribution in [0.5, 0.6) is 11.6 Å². The number of nitrogens with zero attached hydrogens (tertiary/aromatic N) is 2. The number of hydrogen-bond acceptors (Lipinski definition) is 5. The van der Waals surface area contributed by atoms with Crippen molar-refractivity contribution in [2.24, 2.45) is 5.73 Å². The molecule has 5 nitrogen and oxygen atoms in total. The van der Waals surface area contributed by atoms with Crippen molar-refractivity contribution in [1.29, 1.82) is 0 Å². The molecule has 2 aromatic carbocycles. The summed E-state index contributed by atoms with van der Waals surface area (Å²) in [7, 11) is 0. The topological polar surface area (TPSA) is 78.1 Å². The standard InChI is InChI=1S/C20H17N3O2S/c1-12-7-8-16-14(9-12)10-15-19(25-16)22-18(13-5-3-2-4-6-13)23-20(15)26-11-17(21)24/h2-9H,10-11H2,1H3,(H2,21,24). The Bertz CT molecular complexity index is 990. The van der Waals surface area contributed by atoms with Crippen LogP contribution in [0.4, 0.5) is 0 Å². The zero-order valence-electron chi connectivity index (χ0n) is 14.2. The molecule has 1 amide bonds. The number of carbonyl (C=O) groups is 1. The normalized spacial score (nSPS) is 12.0. The van der Waals surface area contributed by atoms with E-state index in [1.165, 1.54) is 17.3 Å². The molecule has 2 N–H and O–H groups in total. The molecular formula is C20H17N3O2S. The molecule has 1 aliphatic rings. The number of thioether (sulfide) groups is 1. The Kier molecular flexibility index (Phi) is 4.34. The van der Waals surface area contributed by atoms with Crippen molar-refractivity contribution in [3.05, 3.63) is 65.2 Å². The summed E-state index contributed by atoms with van der Waals surface area (Å²) in [6.45, 7) is 2.05. The fourth-order valence-corrected chi connectivity index (χ4v) is 3.66. The highest BCUT2D eigenvalue weighted by Gasteiger charge is 2.24. The van der Waals surface area contributed by atoms with Crippen molar-refractivity contribution >= 4 is 17.7 Å². The van der Waals surface area contributed by atoms with Gasteiger partial charge in [0.1, 0.15) is 10.8 Å². The number of rotatable bonds is 4. The van der Waals surface area contributed by atoms with Gasteiger partial charge in [-0.3, -0.25) is 4.79 Å². The molecule has 0 spiro atoms. The fraction of sp³-hybridized carbons (Fsp3) is 0.150. The highest BCUT2D eigenvalue weighted by Crippen LogP contribution is 2.40. The average molecular weight is 363 g/mol. The summed E-state index contributed by atoms with van der Waals surface area (Å²) in [5.74, 6) is 1.72. The first-order valence-corrected chi connectivity index (χ1v) is 9.23. The van der Waals surface area contributed by atoms with E-state index < -0.39 is 0 Å². The quantitative estimate of drug-likeness (QED) is 0.441. The lowest BCUT2D eigenvalue weighted by Gasteiger charge is -2.22. The molecule has 0 aliphatic carbocycles. The number of hydrogen-bond donors (Lipinski definition) is 1. The molecule has 4 rings (SSSR count). The average Bonchev–Trinajstić information content (AvgIpc) is 2.65. The maximum atomic E-state index is 11.3. The lowest BCUT2D eigenvalue weighted by atomic mass is 10.0. The van der Waals surface area contributed by atoms with Gasteiger partial charge in [0.2, 0.25) is 11.8 Å². The Hall–Kier alpha value is -2.86. The molecular weight excluding hydrogens is 346 g/mol. The lowest BCUT2D eigenvalue weighted by Crippen LogP contribution is -2.14. The predicted octanol–water partition coefficient (Wildman–Crippen LogP) is 3.73. The summed E-state index contributed by atoms with van der Waals surface area (Å²) in [5, 5.41) is 0.736. The van der Waals surface area contributed by atoms with Gasteiger partial charge in [0.05, 0.1) is 11.3 Å². The largest absolute Gasteiger partial charge is 0.438 e. The first kappa shape index (κ1) is 16.6. The molecule has 0 saturated carbocycles. The van der Waals surface area contributed by atoms with Crippen molar-refractivity contribution < 1.29 is 9.53 Å². The Balaban J connectivity index is 1.80. The van der Waals surface area contributed by atoms with Crippen LogP contribution in [-0.4, -0.2) is 21.6 Å². The number of primary amides is 1. The van der Waals surface area contributed by atoms with E-state index in [0.29, 0.717) is 18.1 Å². The van der Waals surface area contributed by atoms with Crippen molar-refractivity contribution in [1.82, 2.24) is 9.97 Å². The summed E-state index contributed by atoms with van der Waals surface area (Å²) < 4.78 is 6.06. The maximum Gasteiger partial charge on any atom is 0.227 e. The van der Waals surface area contributed by atoms with Crippen LogP contribution in [0, 0.1) is 6.92 Å². The molecule has 6 heteroatoms. The van der Waals surface area contributed by atoms with Gasteiger partial charge in [-0.1, -0.05) is 59.8 Å². The molecule has 0 fully saturated rings. The van der Waals surface area contributed by atoms with E-state index in [9.17, 15) is 4.79 Å². The number of nitrogens with two attached hydrogens (primary N) is 1. The highest BCUT2D eigenvalue weighted by molar-refractivity contribution is 7.99. The minimum absolute atomic E-state index is 0.165. The van der Waals surface area contributed by atoms with E-state index in [1.54, 1.807) is 0 Å². The van der Waals surface area contributed by atoms with E-state index in [1.807, 2.05) is 49.4 Å². The molecule has 0 radical (unpaired) electrons. The Morgan fingerprint density at radius 2 is 2.00 bits per heavy atom. The molecule has 2 heterocycles. The van der Waals surface area contributed by atoms with Gasteiger partial charge in [-0.05, 0) is 18.6 Å². The van der Waals surface area contributed by atoms with Crippen LogP contribution in [0.3, 0.4) is 0 Å². The monoisotopic (exact) mass is 363 g/mol. The van der Waals surface area contributed by atoms with Crippen LogP contribution >= 0.6 is 11.8 Å². The van der Waals surface area contributed by atoms with E-state index in [2.05, 4.69) is 16.0 Å². The van der Waals surface area contributed by atoms with Crippen molar-refractivity contribution in [3.63, 3.8) is 0 Å². The molecule has 0 atom stereocenters. The second-order valence-electron chi connectivity index (χ2n) is 6.15. The third-order valence-electron chi connectivity index (χ3n) is 4.10. The number of amides is 1. The van der Waals surface area contributed by atoms with Crippen LogP contribution in [-0.2, 0) is 11.2 Å².